The maximum absolute atomic E-state index is 5.72. The summed E-state index contributed by atoms with van der Waals surface area (Å²) in [6.07, 6.45) is 4.04. The van der Waals surface area contributed by atoms with Crippen molar-refractivity contribution in [2.75, 3.05) is 33.5 Å². The average molecular weight is 319 g/mol. The van der Waals surface area contributed by atoms with E-state index in [-0.39, 0.29) is 6.04 Å². The highest BCUT2D eigenvalue weighted by atomic mass is 16.5. The number of aromatic amines is 1. The summed E-state index contributed by atoms with van der Waals surface area (Å²) in [6, 6.07) is 0.241. The van der Waals surface area contributed by atoms with Crippen molar-refractivity contribution in [1.82, 2.24) is 24.9 Å². The molecule has 126 valence electrons. The van der Waals surface area contributed by atoms with Crippen LogP contribution < -0.4 is 0 Å². The van der Waals surface area contributed by atoms with Crippen LogP contribution >= 0.6 is 0 Å². The number of ether oxygens (including phenoxy) is 2. The zero-order valence-electron chi connectivity index (χ0n) is 14.1. The highest BCUT2D eigenvalue weighted by molar-refractivity contribution is 5.28. The molecule has 0 spiro atoms. The van der Waals surface area contributed by atoms with Gasteiger partial charge in [0.25, 0.3) is 0 Å². The maximum Gasteiger partial charge on any atom is 0.0665 e. The summed E-state index contributed by atoms with van der Waals surface area (Å²) in [6.45, 7) is 8.84. The van der Waals surface area contributed by atoms with Gasteiger partial charge in [-0.25, -0.2) is 0 Å². The summed E-state index contributed by atoms with van der Waals surface area (Å²) in [5.41, 5.74) is 4.65. The van der Waals surface area contributed by atoms with Crippen LogP contribution in [0.3, 0.4) is 0 Å². The molecular weight excluding hydrogens is 294 g/mol. The van der Waals surface area contributed by atoms with Gasteiger partial charge < -0.3 is 9.47 Å². The van der Waals surface area contributed by atoms with Crippen molar-refractivity contribution < 1.29 is 9.47 Å². The van der Waals surface area contributed by atoms with Gasteiger partial charge >= 0.3 is 0 Å². The normalized spacial score (nSPS) is 19.3. The third-order valence-corrected chi connectivity index (χ3v) is 4.35. The van der Waals surface area contributed by atoms with E-state index in [1.807, 2.05) is 17.8 Å². The number of methoxy groups -OCH3 is 1. The Morgan fingerprint density at radius 1 is 1.43 bits per heavy atom. The Hall–Kier alpha value is -1.70. The number of nitrogens with one attached hydrogen (secondary N) is 1. The summed E-state index contributed by atoms with van der Waals surface area (Å²) in [5.74, 6) is 0. The van der Waals surface area contributed by atoms with Crippen molar-refractivity contribution >= 4 is 0 Å². The van der Waals surface area contributed by atoms with Crippen molar-refractivity contribution in [3.05, 3.63) is 34.9 Å². The van der Waals surface area contributed by atoms with Gasteiger partial charge in [0.1, 0.15) is 0 Å². The first-order valence-electron chi connectivity index (χ1n) is 8.02. The first-order valence-corrected chi connectivity index (χ1v) is 8.02. The van der Waals surface area contributed by atoms with E-state index in [1.54, 1.807) is 7.11 Å². The fourth-order valence-electron chi connectivity index (χ4n) is 3.17. The fourth-order valence-corrected chi connectivity index (χ4v) is 3.17. The third kappa shape index (κ3) is 3.63. The summed E-state index contributed by atoms with van der Waals surface area (Å²) < 4.78 is 12.8. The molecule has 3 heterocycles. The number of rotatable bonds is 6. The van der Waals surface area contributed by atoms with Crippen molar-refractivity contribution in [2.45, 2.75) is 33.0 Å². The molecule has 0 amide bonds. The number of H-pyrrole nitrogens is 1. The zero-order valence-corrected chi connectivity index (χ0v) is 14.1. The SMILES string of the molecule is COCCn1cc(CN2CCOCC2c2c(C)n[nH]c2C)cn1. The molecule has 0 saturated carbocycles. The number of aromatic nitrogens is 4. The van der Waals surface area contributed by atoms with Gasteiger partial charge in [-0.05, 0) is 13.8 Å². The zero-order chi connectivity index (χ0) is 16.2. The van der Waals surface area contributed by atoms with Crippen LogP contribution in [0.2, 0.25) is 0 Å². The number of hydrogen-bond donors (Lipinski definition) is 1. The summed E-state index contributed by atoms with van der Waals surface area (Å²) in [5, 5.41) is 11.8. The predicted octanol–water partition coefficient (Wildman–Crippen LogP) is 1.44. The molecule has 1 unspecified atom stereocenters. The molecule has 1 aliphatic heterocycles. The van der Waals surface area contributed by atoms with E-state index in [9.17, 15) is 0 Å². The van der Waals surface area contributed by atoms with E-state index in [1.165, 1.54) is 11.1 Å². The molecule has 0 bridgehead atoms. The molecule has 0 aliphatic carbocycles. The molecule has 0 aromatic carbocycles. The van der Waals surface area contributed by atoms with E-state index in [4.69, 9.17) is 9.47 Å². The fraction of sp³-hybridized carbons (Fsp3) is 0.625. The Balaban J connectivity index is 1.73. The Kier molecular flexibility index (Phi) is 5.09. The van der Waals surface area contributed by atoms with Crippen LogP contribution in [0.25, 0.3) is 0 Å². The molecule has 2 aromatic rings. The molecule has 7 heteroatoms. The second kappa shape index (κ2) is 7.25. The largest absolute Gasteiger partial charge is 0.383 e. The highest BCUT2D eigenvalue weighted by Crippen LogP contribution is 2.29. The van der Waals surface area contributed by atoms with E-state index in [0.29, 0.717) is 13.2 Å². The Labute approximate surface area is 136 Å². The van der Waals surface area contributed by atoms with Crippen LogP contribution in [-0.2, 0) is 22.6 Å². The van der Waals surface area contributed by atoms with Gasteiger partial charge in [-0.1, -0.05) is 0 Å². The van der Waals surface area contributed by atoms with E-state index in [0.717, 1.165) is 37.6 Å². The van der Waals surface area contributed by atoms with Crippen LogP contribution in [0.1, 0.15) is 28.6 Å². The minimum absolute atomic E-state index is 0.241. The standard InChI is InChI=1S/C16H25N5O2/c1-12-16(13(2)19-18-12)15-11-23-7-4-20(15)9-14-8-17-21(10-14)5-6-22-3/h8,10,15H,4-7,9,11H2,1-3H3,(H,18,19). The molecule has 3 rings (SSSR count). The van der Waals surface area contributed by atoms with Gasteiger partial charge in [-0.2, -0.15) is 10.2 Å². The van der Waals surface area contributed by atoms with E-state index < -0.39 is 0 Å². The molecule has 23 heavy (non-hydrogen) atoms. The minimum atomic E-state index is 0.241. The van der Waals surface area contributed by atoms with Crippen LogP contribution in [0, 0.1) is 13.8 Å². The van der Waals surface area contributed by atoms with E-state index >= 15 is 0 Å². The van der Waals surface area contributed by atoms with Gasteiger partial charge in [0, 0.05) is 43.2 Å². The summed E-state index contributed by atoms with van der Waals surface area (Å²) in [4.78, 5) is 2.45. The molecule has 1 saturated heterocycles. The third-order valence-electron chi connectivity index (χ3n) is 4.35. The van der Waals surface area contributed by atoms with E-state index in [2.05, 4.69) is 33.3 Å². The van der Waals surface area contributed by atoms with Gasteiger partial charge in [0.2, 0.25) is 0 Å². The molecule has 1 aliphatic rings. The van der Waals surface area contributed by atoms with Crippen molar-refractivity contribution in [3.63, 3.8) is 0 Å². The lowest BCUT2D eigenvalue weighted by atomic mass is 10.0. The summed E-state index contributed by atoms with van der Waals surface area (Å²) >= 11 is 0. The van der Waals surface area contributed by atoms with Gasteiger partial charge in [-0.15, -0.1) is 0 Å². The number of morpholine rings is 1. The quantitative estimate of drug-likeness (QED) is 0.873. The van der Waals surface area contributed by atoms with Crippen LogP contribution in [0.4, 0.5) is 0 Å². The van der Waals surface area contributed by atoms with Crippen molar-refractivity contribution in [2.24, 2.45) is 0 Å². The molecule has 1 atom stereocenters. The number of nitrogens with zero attached hydrogens (tertiary/aromatic N) is 4. The van der Waals surface area contributed by atoms with Crippen molar-refractivity contribution in [1.29, 1.82) is 0 Å². The van der Waals surface area contributed by atoms with Crippen LogP contribution in [0.15, 0.2) is 12.4 Å². The molecule has 2 aromatic heterocycles. The van der Waals surface area contributed by atoms with Gasteiger partial charge in [-0.3, -0.25) is 14.7 Å². The lowest BCUT2D eigenvalue weighted by Gasteiger charge is -2.35. The average Bonchev–Trinajstić information content (AvgIpc) is 3.13. The molecular formula is C16H25N5O2. The van der Waals surface area contributed by atoms with Gasteiger partial charge in [0.15, 0.2) is 0 Å². The van der Waals surface area contributed by atoms with Crippen molar-refractivity contribution in [3.8, 4) is 0 Å². The molecule has 1 N–H and O–H groups in total. The smallest absolute Gasteiger partial charge is 0.0665 e. The van der Waals surface area contributed by atoms with Crippen LogP contribution in [-0.4, -0.2) is 58.4 Å². The molecule has 1 fully saturated rings. The predicted molar refractivity (Wildman–Crippen MR) is 86.1 cm³/mol. The van der Waals surface area contributed by atoms with Gasteiger partial charge in [0.05, 0.1) is 44.3 Å². The number of aryl methyl sites for hydroxylation is 2. The Morgan fingerprint density at radius 3 is 3.04 bits per heavy atom. The first kappa shape index (κ1) is 16.2. The second-order valence-corrected chi connectivity index (χ2v) is 6.01. The first-order chi connectivity index (χ1) is 11.2. The highest BCUT2D eigenvalue weighted by Gasteiger charge is 2.28. The maximum atomic E-state index is 5.72. The number of hydrogen-bond acceptors (Lipinski definition) is 5. The topological polar surface area (TPSA) is 68.2 Å². The summed E-state index contributed by atoms with van der Waals surface area (Å²) in [7, 11) is 1.71. The monoisotopic (exact) mass is 319 g/mol. The Morgan fingerprint density at radius 2 is 2.30 bits per heavy atom. The minimum Gasteiger partial charge on any atom is -0.383 e. The van der Waals surface area contributed by atoms with Crippen LogP contribution in [0.5, 0.6) is 0 Å². The molecule has 0 radical (unpaired) electrons. The molecule has 7 nitrogen and oxygen atoms in total. The lowest BCUT2D eigenvalue weighted by Crippen LogP contribution is -2.39. The Bertz CT molecular complexity index is 617. The second-order valence-electron chi connectivity index (χ2n) is 6.01. The lowest BCUT2D eigenvalue weighted by molar-refractivity contribution is -0.0131.